The summed E-state index contributed by atoms with van der Waals surface area (Å²) in [6.07, 6.45) is -1.40. The third-order valence-electron chi connectivity index (χ3n) is 2.19. The summed E-state index contributed by atoms with van der Waals surface area (Å²) in [5, 5.41) is 9.90. The average molecular weight is 252 g/mol. The lowest BCUT2D eigenvalue weighted by molar-refractivity contribution is -0.151. The number of rotatable bonds is 3. The Bertz CT molecular complexity index is 460. The Morgan fingerprint density at radius 3 is 2.44 bits per heavy atom. The SMILES string of the molecule is C=C(C(=O)OC(C)(C)C)C(O)c1ccccc1F. The van der Waals surface area contributed by atoms with Gasteiger partial charge in [0.25, 0.3) is 0 Å². The Hall–Kier alpha value is -1.68. The van der Waals surface area contributed by atoms with E-state index in [4.69, 9.17) is 4.74 Å². The molecular formula is C14H17FO3. The first-order chi connectivity index (χ1) is 8.22. The fraction of sp³-hybridized carbons (Fsp3) is 0.357. The Labute approximate surface area is 106 Å². The second-order valence-corrected chi connectivity index (χ2v) is 4.95. The van der Waals surface area contributed by atoms with Crippen molar-refractivity contribution < 1.29 is 19.0 Å². The van der Waals surface area contributed by atoms with Gasteiger partial charge in [-0.2, -0.15) is 0 Å². The average Bonchev–Trinajstić information content (AvgIpc) is 2.25. The third kappa shape index (κ3) is 3.67. The molecule has 0 bridgehead atoms. The minimum Gasteiger partial charge on any atom is -0.457 e. The number of esters is 1. The van der Waals surface area contributed by atoms with Crippen molar-refractivity contribution in [2.24, 2.45) is 0 Å². The van der Waals surface area contributed by atoms with E-state index in [1.54, 1.807) is 26.8 Å². The highest BCUT2D eigenvalue weighted by atomic mass is 19.1. The first-order valence-corrected chi connectivity index (χ1v) is 5.57. The van der Waals surface area contributed by atoms with Gasteiger partial charge in [0.15, 0.2) is 0 Å². The van der Waals surface area contributed by atoms with Crippen LogP contribution in [0.2, 0.25) is 0 Å². The van der Waals surface area contributed by atoms with Gasteiger partial charge >= 0.3 is 5.97 Å². The molecule has 0 fully saturated rings. The Morgan fingerprint density at radius 2 is 1.94 bits per heavy atom. The number of hydrogen-bond acceptors (Lipinski definition) is 3. The van der Waals surface area contributed by atoms with Crippen LogP contribution in [0.15, 0.2) is 36.4 Å². The van der Waals surface area contributed by atoms with Crippen molar-refractivity contribution in [2.75, 3.05) is 0 Å². The molecule has 1 aromatic rings. The van der Waals surface area contributed by atoms with Gasteiger partial charge in [-0.25, -0.2) is 9.18 Å². The topological polar surface area (TPSA) is 46.5 Å². The molecular weight excluding hydrogens is 235 g/mol. The molecule has 0 heterocycles. The maximum absolute atomic E-state index is 13.4. The number of carbonyl (C=O) groups is 1. The Morgan fingerprint density at radius 1 is 1.39 bits per heavy atom. The van der Waals surface area contributed by atoms with Crippen LogP contribution in [0, 0.1) is 5.82 Å². The third-order valence-corrected chi connectivity index (χ3v) is 2.19. The lowest BCUT2D eigenvalue weighted by Gasteiger charge is -2.22. The Kier molecular flexibility index (Phi) is 4.24. The van der Waals surface area contributed by atoms with Crippen molar-refractivity contribution in [1.29, 1.82) is 0 Å². The van der Waals surface area contributed by atoms with E-state index in [2.05, 4.69) is 6.58 Å². The zero-order valence-electron chi connectivity index (χ0n) is 10.7. The van der Waals surface area contributed by atoms with Crippen LogP contribution in [0.5, 0.6) is 0 Å². The standard InChI is InChI=1S/C14H17FO3/c1-9(13(17)18-14(2,3)4)12(16)10-7-5-6-8-11(10)15/h5-8,12,16H,1H2,2-4H3. The molecule has 0 amide bonds. The van der Waals surface area contributed by atoms with Crippen molar-refractivity contribution in [2.45, 2.75) is 32.5 Å². The molecule has 4 heteroatoms. The molecule has 1 rings (SSSR count). The normalized spacial score (nSPS) is 12.9. The Balaban J connectivity index is 2.85. The molecule has 1 atom stereocenters. The molecule has 0 spiro atoms. The number of carbonyl (C=O) groups excluding carboxylic acids is 1. The van der Waals surface area contributed by atoms with Crippen LogP contribution in [0.3, 0.4) is 0 Å². The molecule has 0 aliphatic carbocycles. The van der Waals surface area contributed by atoms with Crippen molar-refractivity contribution in [3.8, 4) is 0 Å². The molecule has 1 unspecified atom stereocenters. The van der Waals surface area contributed by atoms with Crippen molar-refractivity contribution in [3.63, 3.8) is 0 Å². The molecule has 18 heavy (non-hydrogen) atoms. The molecule has 3 nitrogen and oxygen atoms in total. The first-order valence-electron chi connectivity index (χ1n) is 5.57. The minimum atomic E-state index is -1.40. The summed E-state index contributed by atoms with van der Waals surface area (Å²) in [6, 6.07) is 5.68. The summed E-state index contributed by atoms with van der Waals surface area (Å²) in [4.78, 5) is 11.7. The quantitative estimate of drug-likeness (QED) is 0.664. The number of benzene rings is 1. The van der Waals surface area contributed by atoms with Gasteiger partial charge in [-0.1, -0.05) is 24.8 Å². The number of ether oxygens (including phenoxy) is 1. The monoisotopic (exact) mass is 252 g/mol. The van der Waals surface area contributed by atoms with E-state index < -0.39 is 23.5 Å². The summed E-state index contributed by atoms with van der Waals surface area (Å²) in [5.41, 5.74) is -0.863. The second-order valence-electron chi connectivity index (χ2n) is 4.95. The molecule has 98 valence electrons. The van der Waals surface area contributed by atoms with E-state index >= 15 is 0 Å². The summed E-state index contributed by atoms with van der Waals surface area (Å²) >= 11 is 0. The summed E-state index contributed by atoms with van der Waals surface area (Å²) < 4.78 is 18.5. The van der Waals surface area contributed by atoms with Crippen LogP contribution in [-0.2, 0) is 9.53 Å². The molecule has 1 N–H and O–H groups in total. The highest BCUT2D eigenvalue weighted by molar-refractivity contribution is 5.89. The van der Waals surface area contributed by atoms with E-state index in [9.17, 15) is 14.3 Å². The molecule has 0 aromatic heterocycles. The van der Waals surface area contributed by atoms with Crippen LogP contribution in [-0.4, -0.2) is 16.7 Å². The number of hydrogen-bond donors (Lipinski definition) is 1. The fourth-order valence-corrected chi connectivity index (χ4v) is 1.34. The smallest absolute Gasteiger partial charge is 0.336 e. The van der Waals surface area contributed by atoms with Crippen LogP contribution < -0.4 is 0 Å². The highest BCUT2D eigenvalue weighted by Gasteiger charge is 2.25. The van der Waals surface area contributed by atoms with Gasteiger partial charge in [0, 0.05) is 5.56 Å². The van der Waals surface area contributed by atoms with Gasteiger partial charge in [-0.15, -0.1) is 0 Å². The highest BCUT2D eigenvalue weighted by Crippen LogP contribution is 2.24. The largest absolute Gasteiger partial charge is 0.457 e. The molecule has 0 aliphatic heterocycles. The first kappa shape index (κ1) is 14.4. The van der Waals surface area contributed by atoms with Crippen LogP contribution in [0.4, 0.5) is 4.39 Å². The van der Waals surface area contributed by atoms with E-state index in [0.717, 1.165) is 0 Å². The zero-order valence-corrected chi connectivity index (χ0v) is 10.7. The fourth-order valence-electron chi connectivity index (χ4n) is 1.34. The number of halogens is 1. The van der Waals surface area contributed by atoms with Gasteiger partial charge in [0.1, 0.15) is 17.5 Å². The molecule has 0 saturated carbocycles. The predicted molar refractivity (Wildman–Crippen MR) is 66.3 cm³/mol. The molecule has 0 aliphatic rings. The van der Waals surface area contributed by atoms with E-state index in [0.29, 0.717) is 0 Å². The lowest BCUT2D eigenvalue weighted by Crippen LogP contribution is -2.26. The van der Waals surface area contributed by atoms with Crippen LogP contribution in [0.1, 0.15) is 32.4 Å². The van der Waals surface area contributed by atoms with Crippen LogP contribution in [0.25, 0.3) is 0 Å². The zero-order chi connectivity index (χ0) is 13.9. The minimum absolute atomic E-state index is 0.00774. The molecule has 1 aromatic carbocycles. The van der Waals surface area contributed by atoms with Crippen molar-refractivity contribution >= 4 is 5.97 Å². The maximum atomic E-state index is 13.4. The van der Waals surface area contributed by atoms with Crippen LogP contribution >= 0.6 is 0 Å². The van der Waals surface area contributed by atoms with E-state index in [1.807, 2.05) is 0 Å². The van der Waals surface area contributed by atoms with Crippen molar-refractivity contribution in [1.82, 2.24) is 0 Å². The lowest BCUT2D eigenvalue weighted by atomic mass is 10.0. The van der Waals surface area contributed by atoms with Crippen molar-refractivity contribution in [3.05, 3.63) is 47.8 Å². The maximum Gasteiger partial charge on any atom is 0.336 e. The molecule has 0 radical (unpaired) electrons. The van der Waals surface area contributed by atoms with Gasteiger partial charge in [0.2, 0.25) is 0 Å². The summed E-state index contributed by atoms with van der Waals surface area (Å²) in [7, 11) is 0. The van der Waals surface area contributed by atoms with Gasteiger partial charge < -0.3 is 9.84 Å². The van der Waals surface area contributed by atoms with E-state index in [1.165, 1.54) is 18.2 Å². The van der Waals surface area contributed by atoms with Gasteiger partial charge in [0.05, 0.1) is 5.57 Å². The molecule has 0 saturated heterocycles. The summed E-state index contributed by atoms with van der Waals surface area (Å²) in [5.74, 6) is -1.33. The predicted octanol–water partition coefficient (Wildman–Crippen LogP) is 2.76. The number of aliphatic hydroxyl groups excluding tert-OH is 1. The van der Waals surface area contributed by atoms with Gasteiger partial charge in [-0.05, 0) is 26.8 Å². The number of aliphatic hydroxyl groups is 1. The van der Waals surface area contributed by atoms with E-state index in [-0.39, 0.29) is 11.1 Å². The van der Waals surface area contributed by atoms with Gasteiger partial charge in [-0.3, -0.25) is 0 Å². The second kappa shape index (κ2) is 5.31. The summed E-state index contributed by atoms with van der Waals surface area (Å²) in [6.45, 7) is 8.57.